The Balaban J connectivity index is 2.06. The molecule has 0 aromatic carbocycles. The van der Waals surface area contributed by atoms with Gasteiger partial charge in [-0.1, -0.05) is 20.8 Å². The van der Waals surface area contributed by atoms with Crippen molar-refractivity contribution >= 4 is 47.8 Å². The molecular formula is C37H54O21. The lowest BCUT2D eigenvalue weighted by Crippen LogP contribution is -2.62. The van der Waals surface area contributed by atoms with E-state index in [1.54, 1.807) is 20.8 Å². The lowest BCUT2D eigenvalue weighted by Gasteiger charge is -2.47. The highest BCUT2D eigenvalue weighted by atomic mass is 16.8. The van der Waals surface area contributed by atoms with Crippen LogP contribution in [0.25, 0.3) is 0 Å². The molecule has 3 heterocycles. The topological polar surface area (TPSA) is 257 Å². The van der Waals surface area contributed by atoms with Gasteiger partial charge in [0.1, 0.15) is 50.3 Å². The molecule has 3 rings (SSSR count). The molecule has 3 fully saturated rings. The van der Waals surface area contributed by atoms with Gasteiger partial charge in [-0.3, -0.25) is 38.4 Å². The quantitative estimate of drug-likeness (QED) is 0.154. The summed E-state index contributed by atoms with van der Waals surface area (Å²) < 4.78 is 75.0. The molecule has 0 saturated carbocycles. The minimum Gasteiger partial charge on any atom is -0.463 e. The fourth-order valence-corrected chi connectivity index (χ4v) is 6.93. The maximum absolute atomic E-state index is 12.5. The van der Waals surface area contributed by atoms with Gasteiger partial charge in [-0.25, -0.2) is 0 Å². The monoisotopic (exact) mass is 834 g/mol. The van der Waals surface area contributed by atoms with Crippen LogP contribution in [-0.2, 0) is 99.9 Å². The maximum atomic E-state index is 12.5. The Kier molecular flexibility index (Phi) is 17.4. The van der Waals surface area contributed by atoms with Crippen molar-refractivity contribution in [1.29, 1.82) is 0 Å². The predicted octanol–water partition coefficient (Wildman–Crippen LogP) is 0.821. The Hall–Kier alpha value is -4.44. The zero-order valence-corrected chi connectivity index (χ0v) is 34.4. The number of ether oxygens (including phenoxy) is 13. The fourth-order valence-electron chi connectivity index (χ4n) is 6.93. The molecule has 0 bridgehead atoms. The number of esters is 8. The van der Waals surface area contributed by atoms with E-state index in [1.165, 1.54) is 13.8 Å². The Bertz CT molecular complexity index is 1510. The van der Waals surface area contributed by atoms with E-state index >= 15 is 0 Å². The van der Waals surface area contributed by atoms with Crippen LogP contribution in [0, 0.1) is 17.8 Å². The molecule has 0 amide bonds. The summed E-state index contributed by atoms with van der Waals surface area (Å²) in [7, 11) is 0. The number of hydrogen-bond acceptors (Lipinski definition) is 21. The number of carbonyl (C=O) groups excluding carboxylic acids is 8. The first-order valence-corrected chi connectivity index (χ1v) is 18.6. The van der Waals surface area contributed by atoms with E-state index in [9.17, 15) is 38.4 Å². The summed E-state index contributed by atoms with van der Waals surface area (Å²) in [5.74, 6) is -10.4. The van der Waals surface area contributed by atoms with E-state index in [2.05, 4.69) is 0 Å². The molecule has 0 N–H and O–H groups in total. The zero-order chi connectivity index (χ0) is 43.6. The summed E-state index contributed by atoms with van der Waals surface area (Å²) in [4.78, 5) is 97.2. The van der Waals surface area contributed by atoms with Crippen molar-refractivity contribution in [2.45, 2.75) is 143 Å². The average molecular weight is 835 g/mol. The first kappa shape index (κ1) is 47.9. The molecule has 3 aliphatic rings. The fraction of sp³-hybridized carbons (Fsp3) is 0.784. The third-order valence-corrected chi connectivity index (χ3v) is 9.52. The molecule has 14 atom stereocenters. The lowest BCUT2D eigenvalue weighted by atomic mass is 9.89. The normalized spacial score (nSPS) is 34.4. The van der Waals surface area contributed by atoms with Gasteiger partial charge in [0, 0.05) is 67.2 Å². The van der Waals surface area contributed by atoms with E-state index in [-0.39, 0.29) is 6.61 Å². The largest absolute Gasteiger partial charge is 0.463 e. The standard InChI is InChI=1S/C37H54O21/c1-16-27(12-48-35-32(52-24(9)43)17(2)30(50-22(7)41)28(56-35)13-46-19(4)38)55-36(34(54-26(11)45)31(16)51-23(8)42)58-37(15-49-21(6)40)18(3)33(53-25(10)44)29(57-37)14-47-20(5)39/h16-18,27-36H,12-15H2,1-11H3/t16-,17+,18+,27?,28?,29-,30-,31+,32?,33+,34?,35+,36-,37+/m1/s1. The van der Waals surface area contributed by atoms with E-state index in [1.807, 2.05) is 0 Å². The summed E-state index contributed by atoms with van der Waals surface area (Å²) >= 11 is 0. The van der Waals surface area contributed by atoms with Crippen LogP contribution in [0.2, 0.25) is 0 Å². The summed E-state index contributed by atoms with van der Waals surface area (Å²) in [6, 6.07) is 0. The molecule has 0 aromatic rings. The highest BCUT2D eigenvalue weighted by Crippen LogP contribution is 2.44. The van der Waals surface area contributed by atoms with E-state index < -0.39 is 153 Å². The Morgan fingerprint density at radius 3 is 1.41 bits per heavy atom. The van der Waals surface area contributed by atoms with Gasteiger partial charge < -0.3 is 61.6 Å². The van der Waals surface area contributed by atoms with Crippen molar-refractivity contribution in [1.82, 2.24) is 0 Å². The number of hydrogen-bond donors (Lipinski definition) is 0. The van der Waals surface area contributed by atoms with E-state index in [0.29, 0.717) is 0 Å². The van der Waals surface area contributed by atoms with E-state index in [4.69, 9.17) is 61.6 Å². The third-order valence-electron chi connectivity index (χ3n) is 9.52. The molecule has 4 unspecified atom stereocenters. The molecule has 3 aliphatic heterocycles. The molecular weight excluding hydrogens is 780 g/mol. The first-order chi connectivity index (χ1) is 27.0. The first-order valence-electron chi connectivity index (χ1n) is 18.6. The second kappa shape index (κ2) is 21.0. The van der Waals surface area contributed by atoms with Crippen LogP contribution in [0.4, 0.5) is 0 Å². The molecule has 0 spiro atoms. The van der Waals surface area contributed by atoms with Crippen LogP contribution in [0.3, 0.4) is 0 Å². The van der Waals surface area contributed by atoms with Crippen LogP contribution in [0.5, 0.6) is 0 Å². The van der Waals surface area contributed by atoms with Crippen molar-refractivity contribution in [2.75, 3.05) is 26.4 Å². The number of rotatable bonds is 16. The van der Waals surface area contributed by atoms with Crippen molar-refractivity contribution < 1.29 is 99.9 Å². The SMILES string of the molecule is CC(=O)OCC1O[C@H](OCC2O[C@H](O[C@]3(COC(C)=O)O[C@H](COC(C)=O)[C@@H](OC(C)=O)[C@@H]3C)C(OC(C)=O)[C@@H](OC(C)=O)[C@@H]2C)C(OC(C)=O)[C@@H](C)[C@H]1OC(C)=O. The minimum atomic E-state index is -2.04. The van der Waals surface area contributed by atoms with Gasteiger partial charge in [0.2, 0.25) is 12.1 Å². The Morgan fingerprint density at radius 1 is 0.448 bits per heavy atom. The van der Waals surface area contributed by atoms with Crippen LogP contribution < -0.4 is 0 Å². The molecule has 0 radical (unpaired) electrons. The second-order valence-corrected chi connectivity index (χ2v) is 14.3. The van der Waals surface area contributed by atoms with Gasteiger partial charge in [-0.2, -0.15) is 0 Å². The van der Waals surface area contributed by atoms with Crippen molar-refractivity contribution in [3.63, 3.8) is 0 Å². The average Bonchev–Trinajstić information content (AvgIpc) is 3.35. The third kappa shape index (κ3) is 13.0. The molecule has 0 aliphatic carbocycles. The summed E-state index contributed by atoms with van der Waals surface area (Å²) in [6.45, 7) is 12.1. The van der Waals surface area contributed by atoms with Crippen LogP contribution in [-0.4, -0.2) is 141 Å². The highest BCUT2D eigenvalue weighted by Gasteiger charge is 2.61. The molecule has 21 nitrogen and oxygen atoms in total. The van der Waals surface area contributed by atoms with Crippen LogP contribution in [0.15, 0.2) is 0 Å². The van der Waals surface area contributed by atoms with Crippen LogP contribution in [0.1, 0.15) is 76.2 Å². The molecule has 58 heavy (non-hydrogen) atoms. The van der Waals surface area contributed by atoms with Crippen molar-refractivity contribution in [3.05, 3.63) is 0 Å². The summed E-state index contributed by atoms with van der Waals surface area (Å²) in [5, 5.41) is 0. The van der Waals surface area contributed by atoms with Gasteiger partial charge >= 0.3 is 47.8 Å². The van der Waals surface area contributed by atoms with Gasteiger partial charge in [0.05, 0.1) is 18.6 Å². The Labute approximate surface area is 335 Å². The van der Waals surface area contributed by atoms with Crippen molar-refractivity contribution in [3.8, 4) is 0 Å². The smallest absolute Gasteiger partial charge is 0.303 e. The molecule has 21 heteroatoms. The maximum Gasteiger partial charge on any atom is 0.303 e. The van der Waals surface area contributed by atoms with E-state index in [0.717, 1.165) is 41.5 Å². The predicted molar refractivity (Wildman–Crippen MR) is 187 cm³/mol. The van der Waals surface area contributed by atoms with Gasteiger partial charge in [-0.05, 0) is 0 Å². The lowest BCUT2D eigenvalue weighted by molar-refractivity contribution is -0.379. The Morgan fingerprint density at radius 2 is 0.897 bits per heavy atom. The molecule has 3 saturated heterocycles. The highest BCUT2D eigenvalue weighted by molar-refractivity contribution is 5.69. The van der Waals surface area contributed by atoms with Gasteiger partial charge in [0.15, 0.2) is 18.5 Å². The van der Waals surface area contributed by atoms with Crippen molar-refractivity contribution in [2.24, 2.45) is 17.8 Å². The minimum absolute atomic E-state index is 0.357. The van der Waals surface area contributed by atoms with Crippen LogP contribution >= 0.6 is 0 Å². The van der Waals surface area contributed by atoms with Gasteiger partial charge in [0.25, 0.3) is 0 Å². The summed E-state index contributed by atoms with van der Waals surface area (Å²) in [5.41, 5.74) is 0. The summed E-state index contributed by atoms with van der Waals surface area (Å²) in [6.07, 6.45) is -12.5. The molecule has 0 aromatic heterocycles. The second-order valence-electron chi connectivity index (χ2n) is 14.3. The molecule has 328 valence electrons. The zero-order valence-electron chi connectivity index (χ0n) is 34.4. The number of carbonyl (C=O) groups is 8. The van der Waals surface area contributed by atoms with Gasteiger partial charge in [-0.15, -0.1) is 0 Å².